The summed E-state index contributed by atoms with van der Waals surface area (Å²) in [4.78, 5) is 0. The molecule has 0 spiro atoms. The van der Waals surface area contributed by atoms with E-state index in [2.05, 4.69) is 82.9 Å². The monoisotopic (exact) mass is 416 g/mol. The molecule has 0 bridgehead atoms. The molecular weight excluding hydrogens is 388 g/mol. The number of nitrogens with zero attached hydrogens (tertiary/aromatic N) is 2. The van der Waals surface area contributed by atoms with Crippen molar-refractivity contribution in [3.63, 3.8) is 0 Å². The lowest BCUT2D eigenvalue weighted by Gasteiger charge is -2.29. The maximum atomic E-state index is 7.87. The highest BCUT2D eigenvalue weighted by atomic mass is 15.1. The summed E-state index contributed by atoms with van der Waals surface area (Å²) < 4.78 is 28.5. The van der Waals surface area contributed by atoms with Gasteiger partial charge in [-0.15, -0.1) is 0 Å². The molecule has 2 heteroatoms. The zero-order valence-electron chi connectivity index (χ0n) is 21.1. The SMILES string of the molecule is [2H]C([2H])([2H])c1ccc(C2=[N+](C)c3ccccc3C3C2c2cccc4c5ccccc5n3c24)c(C)c1. The van der Waals surface area contributed by atoms with Crippen LogP contribution in [0.3, 0.4) is 0 Å². The minimum atomic E-state index is -2.11. The van der Waals surface area contributed by atoms with Crippen LogP contribution in [0.2, 0.25) is 0 Å². The van der Waals surface area contributed by atoms with E-state index in [1.807, 2.05) is 19.1 Å². The third kappa shape index (κ3) is 2.12. The van der Waals surface area contributed by atoms with E-state index in [4.69, 9.17) is 4.11 Å². The second kappa shape index (κ2) is 6.20. The summed E-state index contributed by atoms with van der Waals surface area (Å²) in [6.07, 6.45) is 0. The van der Waals surface area contributed by atoms with Crippen LogP contribution >= 0.6 is 0 Å². The predicted octanol–water partition coefficient (Wildman–Crippen LogP) is 6.87. The smallest absolute Gasteiger partial charge is 0.210 e. The van der Waals surface area contributed by atoms with E-state index in [-0.39, 0.29) is 12.0 Å². The van der Waals surface area contributed by atoms with Crippen molar-refractivity contribution in [2.45, 2.75) is 25.7 Å². The van der Waals surface area contributed by atoms with Gasteiger partial charge in [0.15, 0.2) is 5.71 Å². The molecule has 2 aliphatic rings. The average Bonchev–Trinajstić information content (AvgIpc) is 3.37. The van der Waals surface area contributed by atoms with Gasteiger partial charge >= 0.3 is 0 Å². The van der Waals surface area contributed by atoms with Crippen molar-refractivity contribution >= 4 is 33.2 Å². The van der Waals surface area contributed by atoms with Gasteiger partial charge in [-0.2, -0.15) is 4.58 Å². The molecule has 0 fully saturated rings. The molecule has 2 unspecified atom stereocenters. The van der Waals surface area contributed by atoms with Gasteiger partial charge in [-0.1, -0.05) is 72.3 Å². The van der Waals surface area contributed by atoms with E-state index in [1.165, 1.54) is 44.3 Å². The Kier molecular flexibility index (Phi) is 2.94. The number of hydrogen-bond acceptors (Lipinski definition) is 0. The first-order valence-electron chi connectivity index (χ1n) is 12.7. The van der Waals surface area contributed by atoms with Gasteiger partial charge in [0.05, 0.1) is 17.5 Å². The molecule has 3 heterocycles. The normalized spacial score (nSPS) is 20.8. The van der Waals surface area contributed by atoms with Crippen molar-refractivity contribution in [3.8, 4) is 0 Å². The fourth-order valence-electron chi connectivity index (χ4n) is 6.23. The first-order valence-corrected chi connectivity index (χ1v) is 11.2. The standard InChI is InChI=1S/C30H25N2/c1-18-15-16-20(19(2)17-18)29-27-24-12-8-11-22-21-9-4-7-14-26(21)32(28(22)24)30(27)23-10-5-6-13-25(23)31(29)3/h4-17,27,30H,1-3H3/q+1/i1D3. The van der Waals surface area contributed by atoms with Crippen molar-refractivity contribution in [2.75, 3.05) is 7.05 Å². The maximum Gasteiger partial charge on any atom is 0.210 e. The summed E-state index contributed by atoms with van der Waals surface area (Å²) in [5.41, 5.74) is 10.1. The molecule has 0 saturated carbocycles. The molecule has 0 amide bonds. The number of para-hydroxylation sites is 3. The van der Waals surface area contributed by atoms with Gasteiger partial charge in [-0.25, -0.2) is 0 Å². The highest BCUT2D eigenvalue weighted by molar-refractivity contribution is 6.14. The first-order chi connectivity index (χ1) is 16.9. The van der Waals surface area contributed by atoms with Crippen LogP contribution < -0.4 is 0 Å². The molecular formula is C30H25N2+. The van der Waals surface area contributed by atoms with Gasteiger partial charge in [-0.3, -0.25) is 0 Å². The Balaban J connectivity index is 1.58. The number of benzene rings is 4. The zero-order valence-corrected chi connectivity index (χ0v) is 18.1. The van der Waals surface area contributed by atoms with E-state index in [9.17, 15) is 0 Å². The summed E-state index contributed by atoms with van der Waals surface area (Å²) in [6.45, 7) is -0.0795. The van der Waals surface area contributed by atoms with Crippen molar-refractivity contribution in [2.24, 2.45) is 0 Å². The molecule has 154 valence electrons. The Hall–Kier alpha value is -3.65. The number of aromatic nitrogens is 1. The highest BCUT2D eigenvalue weighted by Crippen LogP contribution is 2.54. The molecule has 2 atom stereocenters. The molecule has 4 aromatic carbocycles. The van der Waals surface area contributed by atoms with Crippen LogP contribution in [-0.4, -0.2) is 21.9 Å². The molecule has 32 heavy (non-hydrogen) atoms. The van der Waals surface area contributed by atoms with E-state index in [0.29, 0.717) is 5.56 Å². The lowest BCUT2D eigenvalue weighted by atomic mass is 9.78. The molecule has 1 aromatic heterocycles. The van der Waals surface area contributed by atoms with E-state index in [1.54, 1.807) is 6.07 Å². The van der Waals surface area contributed by atoms with Crippen LogP contribution in [0.25, 0.3) is 21.8 Å². The molecule has 0 radical (unpaired) electrons. The fourth-order valence-corrected chi connectivity index (χ4v) is 6.23. The number of hydrogen-bond donors (Lipinski definition) is 0. The second-order valence-electron chi connectivity index (χ2n) is 9.09. The Bertz CT molecular complexity index is 1720. The molecule has 0 N–H and O–H groups in total. The zero-order chi connectivity index (χ0) is 24.1. The van der Waals surface area contributed by atoms with Gasteiger partial charge in [0, 0.05) is 37.6 Å². The minimum absolute atomic E-state index is 0.135. The van der Waals surface area contributed by atoms with Crippen molar-refractivity contribution in [1.82, 2.24) is 4.57 Å². The lowest BCUT2D eigenvalue weighted by Crippen LogP contribution is -2.33. The predicted molar refractivity (Wildman–Crippen MR) is 133 cm³/mol. The Labute approximate surface area is 192 Å². The Morgan fingerprint density at radius 3 is 2.50 bits per heavy atom. The van der Waals surface area contributed by atoms with E-state index < -0.39 is 6.85 Å². The summed E-state index contributed by atoms with van der Waals surface area (Å²) in [5.74, 6) is 0.135. The van der Waals surface area contributed by atoms with Crippen LogP contribution in [0.5, 0.6) is 0 Å². The Morgan fingerprint density at radius 1 is 0.844 bits per heavy atom. The van der Waals surface area contributed by atoms with E-state index >= 15 is 0 Å². The van der Waals surface area contributed by atoms with Crippen LogP contribution in [-0.2, 0) is 0 Å². The number of aryl methyl sites for hydroxylation is 2. The number of fused-ring (bicyclic) bond motifs is 8. The molecule has 2 aliphatic heterocycles. The molecule has 7 rings (SSSR count). The largest absolute Gasteiger partial charge is 0.331 e. The van der Waals surface area contributed by atoms with Crippen molar-refractivity contribution < 1.29 is 8.69 Å². The summed E-state index contributed by atoms with van der Waals surface area (Å²) in [7, 11) is 2.15. The lowest BCUT2D eigenvalue weighted by molar-refractivity contribution is -0.410. The minimum Gasteiger partial charge on any atom is -0.331 e. The van der Waals surface area contributed by atoms with Crippen LogP contribution in [0.15, 0.2) is 84.9 Å². The summed E-state index contributed by atoms with van der Waals surface area (Å²) in [6, 6.07) is 29.9. The molecule has 2 nitrogen and oxygen atoms in total. The fraction of sp³-hybridized carbons (Fsp3) is 0.167. The van der Waals surface area contributed by atoms with Crippen molar-refractivity contribution in [3.05, 3.63) is 113 Å². The van der Waals surface area contributed by atoms with Crippen LogP contribution in [0.1, 0.15) is 43.9 Å². The van der Waals surface area contributed by atoms with Crippen molar-refractivity contribution in [1.29, 1.82) is 0 Å². The summed E-state index contributed by atoms with van der Waals surface area (Å²) >= 11 is 0. The topological polar surface area (TPSA) is 7.94 Å². The Morgan fingerprint density at radius 2 is 1.62 bits per heavy atom. The van der Waals surface area contributed by atoms with Gasteiger partial charge in [0.1, 0.15) is 7.05 Å². The van der Waals surface area contributed by atoms with Crippen LogP contribution in [0, 0.1) is 13.8 Å². The maximum absolute atomic E-state index is 7.87. The van der Waals surface area contributed by atoms with Gasteiger partial charge < -0.3 is 4.57 Å². The average molecular weight is 417 g/mol. The van der Waals surface area contributed by atoms with E-state index in [0.717, 1.165) is 11.1 Å². The van der Waals surface area contributed by atoms with Crippen LogP contribution in [0.4, 0.5) is 5.69 Å². The van der Waals surface area contributed by atoms with Gasteiger partial charge in [-0.05, 0) is 37.0 Å². The van der Waals surface area contributed by atoms with Gasteiger partial charge in [0.25, 0.3) is 0 Å². The number of rotatable bonds is 1. The second-order valence-corrected chi connectivity index (χ2v) is 9.09. The first kappa shape index (κ1) is 15.2. The molecule has 5 aromatic rings. The third-order valence-electron chi connectivity index (χ3n) is 7.47. The molecule has 0 aliphatic carbocycles. The molecule has 0 saturated heterocycles. The third-order valence-corrected chi connectivity index (χ3v) is 7.47. The quantitative estimate of drug-likeness (QED) is 0.263. The van der Waals surface area contributed by atoms with Gasteiger partial charge in [0.2, 0.25) is 5.69 Å². The highest BCUT2D eigenvalue weighted by Gasteiger charge is 2.48. The summed E-state index contributed by atoms with van der Waals surface area (Å²) in [5, 5.41) is 2.58.